The molecule has 0 aromatic carbocycles. The fourth-order valence-corrected chi connectivity index (χ4v) is 2.36. The molecule has 88 valence electrons. The van der Waals surface area contributed by atoms with Gasteiger partial charge in [0.05, 0.1) is 6.04 Å². The third-order valence-corrected chi connectivity index (χ3v) is 4.58. The maximum atomic E-state index is 11.5. The van der Waals surface area contributed by atoms with Crippen molar-refractivity contribution in [3.63, 3.8) is 0 Å². The molecular weight excluding hydrogens is 188 g/mol. The van der Waals surface area contributed by atoms with Crippen LogP contribution in [0.3, 0.4) is 0 Å². The molecule has 0 aromatic heterocycles. The van der Waals surface area contributed by atoms with Gasteiger partial charge in [-0.3, -0.25) is 4.79 Å². The molecular formula is C12H24N2O. The topological polar surface area (TPSA) is 55.1 Å². The molecule has 0 heterocycles. The lowest BCUT2D eigenvalue weighted by Gasteiger charge is -2.10. The minimum Gasteiger partial charge on any atom is -0.354 e. The van der Waals surface area contributed by atoms with Gasteiger partial charge >= 0.3 is 0 Å². The summed E-state index contributed by atoms with van der Waals surface area (Å²) in [7, 11) is 0. The number of hydrogen-bond donors (Lipinski definition) is 2. The summed E-state index contributed by atoms with van der Waals surface area (Å²) in [5, 5.41) is 2.94. The van der Waals surface area contributed by atoms with Crippen LogP contribution in [0.25, 0.3) is 0 Å². The summed E-state index contributed by atoms with van der Waals surface area (Å²) >= 11 is 0. The van der Waals surface area contributed by atoms with Crippen molar-refractivity contribution < 1.29 is 4.79 Å². The molecule has 0 aromatic rings. The SMILES string of the molecule is CC[C@@H](N)C(=O)NCC1C(C)(C)C1(C)C. The lowest BCUT2D eigenvalue weighted by atomic mass is 10.0. The molecule has 3 nitrogen and oxygen atoms in total. The highest BCUT2D eigenvalue weighted by Gasteiger charge is 2.64. The standard InChI is InChI=1S/C12H24N2O/c1-6-8(13)10(15)14-7-9-11(2,3)12(9,4)5/h8-9H,6-7,13H2,1-5H3,(H,14,15)/t8-/m1/s1. The Labute approximate surface area is 92.8 Å². The van der Waals surface area contributed by atoms with Crippen LogP contribution in [0.2, 0.25) is 0 Å². The van der Waals surface area contributed by atoms with Gasteiger partial charge in [-0.25, -0.2) is 0 Å². The van der Waals surface area contributed by atoms with Crippen molar-refractivity contribution in [1.29, 1.82) is 0 Å². The molecule has 1 aliphatic carbocycles. The van der Waals surface area contributed by atoms with Gasteiger partial charge in [-0.2, -0.15) is 0 Å². The van der Waals surface area contributed by atoms with Gasteiger partial charge in [-0.15, -0.1) is 0 Å². The molecule has 15 heavy (non-hydrogen) atoms. The highest BCUT2D eigenvalue weighted by Crippen LogP contribution is 2.67. The fourth-order valence-electron chi connectivity index (χ4n) is 2.36. The maximum Gasteiger partial charge on any atom is 0.236 e. The predicted molar refractivity (Wildman–Crippen MR) is 62.3 cm³/mol. The molecule has 1 rings (SSSR count). The fraction of sp³-hybridized carbons (Fsp3) is 0.917. The molecule has 0 aliphatic heterocycles. The lowest BCUT2D eigenvalue weighted by Crippen LogP contribution is -2.41. The van der Waals surface area contributed by atoms with Crippen LogP contribution in [0, 0.1) is 16.7 Å². The maximum absolute atomic E-state index is 11.5. The van der Waals surface area contributed by atoms with Crippen molar-refractivity contribution in [1.82, 2.24) is 5.32 Å². The second-order valence-corrected chi connectivity index (χ2v) is 5.76. The van der Waals surface area contributed by atoms with Gasteiger partial charge in [0.15, 0.2) is 0 Å². The lowest BCUT2D eigenvalue weighted by molar-refractivity contribution is -0.122. The zero-order valence-electron chi connectivity index (χ0n) is 10.6. The van der Waals surface area contributed by atoms with Gasteiger partial charge in [0.2, 0.25) is 5.91 Å². The smallest absolute Gasteiger partial charge is 0.236 e. The van der Waals surface area contributed by atoms with E-state index in [1.807, 2.05) is 6.92 Å². The van der Waals surface area contributed by atoms with E-state index < -0.39 is 0 Å². The molecule has 1 atom stereocenters. The number of hydrogen-bond acceptors (Lipinski definition) is 2. The van der Waals surface area contributed by atoms with E-state index in [1.54, 1.807) is 0 Å². The molecule has 1 fully saturated rings. The van der Waals surface area contributed by atoms with Crippen LogP contribution in [0.4, 0.5) is 0 Å². The average Bonchev–Trinajstić information content (AvgIpc) is 2.53. The summed E-state index contributed by atoms with van der Waals surface area (Å²) in [6.45, 7) is 11.7. The van der Waals surface area contributed by atoms with E-state index in [9.17, 15) is 4.79 Å². The highest BCUT2D eigenvalue weighted by atomic mass is 16.2. The van der Waals surface area contributed by atoms with Crippen molar-refractivity contribution in [2.45, 2.75) is 47.1 Å². The number of rotatable bonds is 4. The Hall–Kier alpha value is -0.570. The number of nitrogens with two attached hydrogens (primary N) is 1. The number of amides is 1. The van der Waals surface area contributed by atoms with Gasteiger partial charge in [-0.05, 0) is 23.2 Å². The van der Waals surface area contributed by atoms with E-state index in [-0.39, 0.29) is 11.9 Å². The zero-order chi connectivity index (χ0) is 11.9. The van der Waals surface area contributed by atoms with Crippen molar-refractivity contribution in [2.75, 3.05) is 6.54 Å². The quantitative estimate of drug-likeness (QED) is 0.742. The summed E-state index contributed by atoms with van der Waals surface area (Å²) in [4.78, 5) is 11.5. The van der Waals surface area contributed by atoms with Crippen molar-refractivity contribution in [3.05, 3.63) is 0 Å². The molecule has 0 saturated heterocycles. The van der Waals surface area contributed by atoms with Crippen molar-refractivity contribution in [3.8, 4) is 0 Å². The second-order valence-electron chi connectivity index (χ2n) is 5.76. The minimum atomic E-state index is -0.352. The van der Waals surface area contributed by atoms with Gasteiger partial charge in [0.25, 0.3) is 0 Å². The van der Waals surface area contributed by atoms with Crippen molar-refractivity contribution >= 4 is 5.91 Å². The Bertz CT molecular complexity index is 244. The van der Waals surface area contributed by atoms with Crippen LogP contribution in [-0.4, -0.2) is 18.5 Å². The van der Waals surface area contributed by atoms with E-state index in [0.717, 1.165) is 6.54 Å². The first-order chi connectivity index (χ1) is 6.75. The van der Waals surface area contributed by atoms with Crippen LogP contribution in [-0.2, 0) is 4.79 Å². The number of carbonyl (C=O) groups excluding carboxylic acids is 1. The summed E-state index contributed by atoms with van der Waals surface area (Å²) < 4.78 is 0. The minimum absolute atomic E-state index is 0.0176. The van der Waals surface area contributed by atoms with Gasteiger partial charge in [-0.1, -0.05) is 34.6 Å². The Morgan fingerprint density at radius 1 is 1.33 bits per heavy atom. The van der Waals surface area contributed by atoms with E-state index >= 15 is 0 Å². The normalized spacial score (nSPS) is 24.7. The van der Waals surface area contributed by atoms with E-state index in [1.165, 1.54) is 0 Å². The van der Waals surface area contributed by atoms with Gasteiger partial charge in [0.1, 0.15) is 0 Å². The summed E-state index contributed by atoms with van der Waals surface area (Å²) in [6.07, 6.45) is 0.698. The average molecular weight is 212 g/mol. The van der Waals surface area contributed by atoms with Crippen LogP contribution in [0.15, 0.2) is 0 Å². The molecule has 3 heteroatoms. The molecule has 0 unspecified atom stereocenters. The van der Waals surface area contributed by atoms with Crippen LogP contribution in [0.5, 0.6) is 0 Å². The first kappa shape index (κ1) is 12.5. The summed E-state index contributed by atoms with van der Waals surface area (Å²) in [6, 6.07) is -0.352. The first-order valence-electron chi connectivity index (χ1n) is 5.78. The van der Waals surface area contributed by atoms with E-state index in [0.29, 0.717) is 23.2 Å². The van der Waals surface area contributed by atoms with Gasteiger partial charge in [0, 0.05) is 6.54 Å². The molecule has 3 N–H and O–H groups in total. The predicted octanol–water partition coefficient (Wildman–Crippen LogP) is 1.52. The third kappa shape index (κ3) is 2.03. The Morgan fingerprint density at radius 2 is 1.80 bits per heavy atom. The van der Waals surface area contributed by atoms with Crippen LogP contribution in [0.1, 0.15) is 41.0 Å². The molecule has 1 amide bonds. The Balaban J connectivity index is 2.38. The molecule has 1 saturated carbocycles. The summed E-state index contributed by atoms with van der Waals surface area (Å²) in [5.41, 5.74) is 6.31. The van der Waals surface area contributed by atoms with E-state index in [4.69, 9.17) is 5.73 Å². The monoisotopic (exact) mass is 212 g/mol. The molecule has 1 aliphatic rings. The van der Waals surface area contributed by atoms with Crippen LogP contribution >= 0.6 is 0 Å². The van der Waals surface area contributed by atoms with Crippen LogP contribution < -0.4 is 11.1 Å². The Morgan fingerprint density at radius 3 is 2.13 bits per heavy atom. The first-order valence-corrected chi connectivity index (χ1v) is 5.78. The molecule has 0 bridgehead atoms. The summed E-state index contributed by atoms with van der Waals surface area (Å²) in [5.74, 6) is 0.550. The molecule has 0 spiro atoms. The second kappa shape index (κ2) is 3.78. The zero-order valence-corrected chi connectivity index (χ0v) is 10.6. The number of carbonyl (C=O) groups is 1. The van der Waals surface area contributed by atoms with E-state index in [2.05, 4.69) is 33.0 Å². The highest BCUT2D eigenvalue weighted by molar-refractivity contribution is 5.81. The number of nitrogens with one attached hydrogen (secondary N) is 1. The van der Waals surface area contributed by atoms with Gasteiger partial charge < -0.3 is 11.1 Å². The largest absolute Gasteiger partial charge is 0.354 e. The molecule has 0 radical (unpaired) electrons. The van der Waals surface area contributed by atoms with Crippen molar-refractivity contribution in [2.24, 2.45) is 22.5 Å². The Kier molecular flexibility index (Phi) is 3.15. The third-order valence-electron chi connectivity index (χ3n) is 4.58.